The molecule has 0 spiro atoms. The molecule has 1 aromatic heterocycles. The minimum Gasteiger partial charge on any atom is -0.360 e. The van der Waals surface area contributed by atoms with Crippen LogP contribution in [0.15, 0.2) is 33.3 Å². The van der Waals surface area contributed by atoms with Crippen LogP contribution in [-0.4, -0.2) is 59.5 Å². The largest absolute Gasteiger partial charge is 0.360 e. The number of amides is 2. The second kappa shape index (κ2) is 7.96. The number of aromatic nitrogens is 1. The molecule has 1 saturated heterocycles. The van der Waals surface area contributed by atoms with Gasteiger partial charge in [-0.1, -0.05) is 5.16 Å². The smallest absolute Gasteiger partial charge is 0.255 e. The SMILES string of the molecule is Cc1cc(NC(=O)CN2CCN(C(=O)c3cc(F)ccc3Br)CC2)no1. The topological polar surface area (TPSA) is 78.7 Å². The number of anilines is 1. The number of nitrogens with one attached hydrogen (secondary N) is 1. The first-order chi connectivity index (χ1) is 12.4. The van der Waals surface area contributed by atoms with Gasteiger partial charge in [0.05, 0.1) is 12.1 Å². The number of halogens is 2. The summed E-state index contributed by atoms with van der Waals surface area (Å²) in [6.07, 6.45) is 0. The van der Waals surface area contributed by atoms with Crippen molar-refractivity contribution in [3.63, 3.8) is 0 Å². The molecule has 1 N–H and O–H groups in total. The summed E-state index contributed by atoms with van der Waals surface area (Å²) in [5.74, 6) is 0.146. The van der Waals surface area contributed by atoms with Crippen LogP contribution in [0.3, 0.4) is 0 Å². The van der Waals surface area contributed by atoms with Crippen molar-refractivity contribution >= 4 is 33.6 Å². The molecule has 3 rings (SSSR count). The predicted octanol–water partition coefficient (Wildman–Crippen LogP) is 2.28. The van der Waals surface area contributed by atoms with E-state index in [-0.39, 0.29) is 18.4 Å². The average molecular weight is 425 g/mol. The van der Waals surface area contributed by atoms with Crippen LogP contribution in [0.1, 0.15) is 16.1 Å². The number of hydrogen-bond donors (Lipinski definition) is 1. The van der Waals surface area contributed by atoms with Crippen LogP contribution in [0, 0.1) is 12.7 Å². The van der Waals surface area contributed by atoms with Crippen LogP contribution in [0.25, 0.3) is 0 Å². The van der Waals surface area contributed by atoms with Gasteiger partial charge in [-0.2, -0.15) is 0 Å². The van der Waals surface area contributed by atoms with Gasteiger partial charge in [-0.15, -0.1) is 0 Å². The molecule has 2 amide bonds. The van der Waals surface area contributed by atoms with Gasteiger partial charge in [-0.25, -0.2) is 4.39 Å². The van der Waals surface area contributed by atoms with Gasteiger partial charge < -0.3 is 14.7 Å². The third-order valence-electron chi connectivity index (χ3n) is 4.08. The van der Waals surface area contributed by atoms with Crippen LogP contribution in [0.4, 0.5) is 10.2 Å². The number of benzene rings is 1. The number of carbonyl (C=O) groups excluding carboxylic acids is 2. The molecule has 138 valence electrons. The number of piperazine rings is 1. The summed E-state index contributed by atoms with van der Waals surface area (Å²) in [5, 5.41) is 6.39. The Morgan fingerprint density at radius 3 is 2.65 bits per heavy atom. The van der Waals surface area contributed by atoms with Gasteiger partial charge in [0.15, 0.2) is 5.82 Å². The van der Waals surface area contributed by atoms with E-state index in [4.69, 9.17) is 4.52 Å². The number of rotatable bonds is 4. The number of hydrogen-bond acceptors (Lipinski definition) is 5. The van der Waals surface area contributed by atoms with Crippen LogP contribution in [0.5, 0.6) is 0 Å². The van der Waals surface area contributed by atoms with Crippen LogP contribution in [0.2, 0.25) is 0 Å². The maximum atomic E-state index is 13.4. The molecule has 1 fully saturated rings. The lowest BCUT2D eigenvalue weighted by Crippen LogP contribution is -2.50. The molecular formula is C17H18BrFN4O3. The van der Waals surface area contributed by atoms with Gasteiger partial charge >= 0.3 is 0 Å². The molecule has 1 aromatic carbocycles. The Morgan fingerprint density at radius 2 is 2.00 bits per heavy atom. The lowest BCUT2D eigenvalue weighted by atomic mass is 10.1. The van der Waals surface area contributed by atoms with Crippen molar-refractivity contribution in [3.8, 4) is 0 Å². The van der Waals surface area contributed by atoms with Crippen molar-refractivity contribution in [1.29, 1.82) is 0 Å². The molecule has 9 heteroatoms. The molecule has 0 bridgehead atoms. The van der Waals surface area contributed by atoms with E-state index in [1.54, 1.807) is 17.9 Å². The van der Waals surface area contributed by atoms with Crippen molar-refractivity contribution in [3.05, 3.63) is 45.9 Å². The fourth-order valence-electron chi connectivity index (χ4n) is 2.75. The lowest BCUT2D eigenvalue weighted by Gasteiger charge is -2.34. The molecular weight excluding hydrogens is 407 g/mol. The Bertz CT molecular complexity index is 818. The van der Waals surface area contributed by atoms with Gasteiger partial charge in [0.1, 0.15) is 11.6 Å². The van der Waals surface area contributed by atoms with E-state index in [0.717, 1.165) is 0 Å². The van der Waals surface area contributed by atoms with Crippen molar-refractivity contribution in [2.75, 3.05) is 38.0 Å². The molecule has 2 aromatic rings. The molecule has 2 heterocycles. The van der Waals surface area contributed by atoms with Gasteiger partial charge in [0.2, 0.25) is 5.91 Å². The normalized spacial score (nSPS) is 15.1. The highest BCUT2D eigenvalue weighted by atomic mass is 79.9. The summed E-state index contributed by atoms with van der Waals surface area (Å²) in [6.45, 7) is 4.01. The second-order valence-electron chi connectivity index (χ2n) is 6.06. The van der Waals surface area contributed by atoms with E-state index in [1.165, 1.54) is 18.2 Å². The molecule has 0 aliphatic carbocycles. The summed E-state index contributed by atoms with van der Waals surface area (Å²) in [7, 11) is 0. The molecule has 1 aliphatic heterocycles. The van der Waals surface area contributed by atoms with Crippen LogP contribution in [-0.2, 0) is 4.79 Å². The predicted molar refractivity (Wildman–Crippen MR) is 96.3 cm³/mol. The number of aryl methyl sites for hydroxylation is 1. The number of carbonyl (C=O) groups is 2. The number of nitrogens with zero attached hydrogens (tertiary/aromatic N) is 3. The zero-order chi connectivity index (χ0) is 18.7. The van der Waals surface area contributed by atoms with E-state index < -0.39 is 5.82 Å². The van der Waals surface area contributed by atoms with Crippen molar-refractivity contribution in [2.45, 2.75) is 6.92 Å². The first-order valence-corrected chi connectivity index (χ1v) is 8.91. The van der Waals surface area contributed by atoms with Crippen LogP contribution < -0.4 is 5.32 Å². The summed E-state index contributed by atoms with van der Waals surface area (Å²) in [4.78, 5) is 28.2. The Hall–Kier alpha value is -2.26. The highest BCUT2D eigenvalue weighted by molar-refractivity contribution is 9.10. The second-order valence-corrected chi connectivity index (χ2v) is 6.92. The summed E-state index contributed by atoms with van der Waals surface area (Å²) in [6, 6.07) is 5.69. The molecule has 1 aliphatic rings. The summed E-state index contributed by atoms with van der Waals surface area (Å²) < 4.78 is 18.9. The fraction of sp³-hybridized carbons (Fsp3) is 0.353. The van der Waals surface area contributed by atoms with Gasteiger partial charge in [0.25, 0.3) is 5.91 Å². The fourth-order valence-corrected chi connectivity index (χ4v) is 3.17. The molecule has 7 nitrogen and oxygen atoms in total. The van der Waals surface area contributed by atoms with E-state index in [2.05, 4.69) is 26.4 Å². The van der Waals surface area contributed by atoms with E-state index in [9.17, 15) is 14.0 Å². The maximum Gasteiger partial charge on any atom is 0.255 e. The zero-order valence-electron chi connectivity index (χ0n) is 14.2. The standard InChI is InChI=1S/C17H18BrFN4O3/c1-11-8-15(21-26-11)20-16(24)10-22-4-6-23(7-5-22)17(25)13-9-12(19)2-3-14(13)18/h2-3,8-9H,4-7,10H2,1H3,(H,20,21,24). The van der Waals surface area contributed by atoms with Crippen molar-refractivity contribution < 1.29 is 18.5 Å². The third kappa shape index (κ3) is 4.47. The van der Waals surface area contributed by atoms with Crippen LogP contribution >= 0.6 is 15.9 Å². The quantitative estimate of drug-likeness (QED) is 0.814. The van der Waals surface area contributed by atoms with E-state index in [1.807, 2.05) is 4.90 Å². The first kappa shape index (κ1) is 18.5. The zero-order valence-corrected chi connectivity index (χ0v) is 15.8. The van der Waals surface area contributed by atoms with Gasteiger partial charge in [-0.05, 0) is 41.1 Å². The molecule has 0 radical (unpaired) electrons. The lowest BCUT2D eigenvalue weighted by molar-refractivity contribution is -0.117. The Balaban J connectivity index is 1.51. The van der Waals surface area contributed by atoms with Gasteiger partial charge in [-0.3, -0.25) is 14.5 Å². The molecule has 0 unspecified atom stereocenters. The molecule has 0 atom stereocenters. The highest BCUT2D eigenvalue weighted by Crippen LogP contribution is 2.20. The summed E-state index contributed by atoms with van der Waals surface area (Å²) >= 11 is 3.28. The Labute approximate surface area is 158 Å². The highest BCUT2D eigenvalue weighted by Gasteiger charge is 2.25. The monoisotopic (exact) mass is 424 g/mol. The Morgan fingerprint density at radius 1 is 1.27 bits per heavy atom. The first-order valence-electron chi connectivity index (χ1n) is 8.12. The van der Waals surface area contributed by atoms with Crippen molar-refractivity contribution in [2.24, 2.45) is 0 Å². The van der Waals surface area contributed by atoms with Gasteiger partial charge in [0, 0.05) is 36.7 Å². The molecule has 26 heavy (non-hydrogen) atoms. The van der Waals surface area contributed by atoms with E-state index >= 15 is 0 Å². The maximum absolute atomic E-state index is 13.4. The van der Waals surface area contributed by atoms with E-state index in [0.29, 0.717) is 47.8 Å². The van der Waals surface area contributed by atoms with Crippen molar-refractivity contribution in [1.82, 2.24) is 15.0 Å². The third-order valence-corrected chi connectivity index (χ3v) is 4.77. The minimum absolute atomic E-state index is 0.189. The molecule has 0 saturated carbocycles. The average Bonchev–Trinajstić information content (AvgIpc) is 3.01. The summed E-state index contributed by atoms with van der Waals surface area (Å²) in [5.41, 5.74) is 0.303. The minimum atomic E-state index is -0.449. The Kier molecular flexibility index (Phi) is 5.67.